The van der Waals surface area contributed by atoms with Gasteiger partial charge in [-0.15, -0.1) is 0 Å². The van der Waals surface area contributed by atoms with Gasteiger partial charge in [-0.1, -0.05) is 15.9 Å². The number of hydrogen-bond donors (Lipinski definition) is 1. The molecule has 1 saturated heterocycles. The standard InChI is InChI=1S/C14H16BrF3N2O/c15-11-1-3-12(4-2-11)19-13(21)9-20-7-5-10(6-8-20)14(16,17)18/h1-4,10H,5-9H2,(H,19,21). The zero-order chi connectivity index (χ0) is 15.5. The summed E-state index contributed by atoms with van der Waals surface area (Å²) in [6, 6.07) is 7.14. The van der Waals surface area contributed by atoms with Crippen LogP contribution in [0.1, 0.15) is 12.8 Å². The lowest BCUT2D eigenvalue weighted by Crippen LogP contribution is -2.42. The SMILES string of the molecule is O=C(CN1CCC(C(F)(F)F)CC1)Nc1ccc(Br)cc1. The Balaban J connectivity index is 1.78. The summed E-state index contributed by atoms with van der Waals surface area (Å²) in [5, 5.41) is 2.73. The highest BCUT2D eigenvalue weighted by Crippen LogP contribution is 2.33. The van der Waals surface area contributed by atoms with Crippen LogP contribution in [0.4, 0.5) is 18.9 Å². The van der Waals surface area contributed by atoms with E-state index in [1.165, 1.54) is 0 Å². The number of halogens is 4. The van der Waals surface area contributed by atoms with Crippen LogP contribution in [0.15, 0.2) is 28.7 Å². The largest absolute Gasteiger partial charge is 0.391 e. The molecule has 1 amide bonds. The molecule has 0 aliphatic carbocycles. The number of carbonyl (C=O) groups is 1. The van der Waals surface area contributed by atoms with Crippen molar-refractivity contribution in [3.05, 3.63) is 28.7 Å². The number of alkyl halides is 3. The van der Waals surface area contributed by atoms with E-state index < -0.39 is 12.1 Å². The van der Waals surface area contributed by atoms with Crippen LogP contribution < -0.4 is 5.32 Å². The van der Waals surface area contributed by atoms with Crippen molar-refractivity contribution in [2.75, 3.05) is 25.0 Å². The van der Waals surface area contributed by atoms with Gasteiger partial charge in [0.1, 0.15) is 0 Å². The second kappa shape index (κ2) is 6.79. The van der Waals surface area contributed by atoms with Crippen molar-refractivity contribution >= 4 is 27.5 Å². The summed E-state index contributed by atoms with van der Waals surface area (Å²) in [4.78, 5) is 13.6. The van der Waals surface area contributed by atoms with Gasteiger partial charge in [-0.2, -0.15) is 13.2 Å². The number of likely N-dealkylation sites (tertiary alicyclic amines) is 1. The van der Waals surface area contributed by atoms with Crippen molar-refractivity contribution in [2.24, 2.45) is 5.92 Å². The number of nitrogens with one attached hydrogen (secondary N) is 1. The predicted molar refractivity (Wildman–Crippen MR) is 78.0 cm³/mol. The van der Waals surface area contributed by atoms with E-state index in [-0.39, 0.29) is 25.3 Å². The maximum absolute atomic E-state index is 12.5. The Morgan fingerprint density at radius 3 is 2.33 bits per heavy atom. The minimum absolute atomic E-state index is 0.0645. The van der Waals surface area contributed by atoms with Crippen LogP contribution in [0.5, 0.6) is 0 Å². The van der Waals surface area contributed by atoms with Crippen LogP contribution in [0.25, 0.3) is 0 Å². The molecular weight excluding hydrogens is 349 g/mol. The van der Waals surface area contributed by atoms with Gasteiger partial charge in [0.25, 0.3) is 0 Å². The second-order valence-corrected chi connectivity index (χ2v) is 6.06. The molecule has 0 radical (unpaired) electrons. The molecular formula is C14H16BrF3N2O. The summed E-state index contributed by atoms with van der Waals surface area (Å²) in [5.41, 5.74) is 0.674. The molecule has 2 rings (SSSR count). The molecule has 116 valence electrons. The van der Waals surface area contributed by atoms with Gasteiger partial charge >= 0.3 is 6.18 Å². The van der Waals surface area contributed by atoms with E-state index in [9.17, 15) is 18.0 Å². The first-order valence-corrected chi connectivity index (χ1v) is 7.48. The van der Waals surface area contributed by atoms with Gasteiger partial charge in [0.15, 0.2) is 0 Å². The van der Waals surface area contributed by atoms with Crippen LogP contribution in [-0.2, 0) is 4.79 Å². The van der Waals surface area contributed by atoms with Gasteiger partial charge in [0.2, 0.25) is 5.91 Å². The molecule has 0 bridgehead atoms. The average molecular weight is 365 g/mol. The molecule has 1 aromatic carbocycles. The Hall–Kier alpha value is -1.08. The molecule has 3 nitrogen and oxygen atoms in total. The Morgan fingerprint density at radius 2 is 1.81 bits per heavy atom. The quantitative estimate of drug-likeness (QED) is 0.887. The van der Waals surface area contributed by atoms with Gasteiger partial charge < -0.3 is 5.32 Å². The van der Waals surface area contributed by atoms with Crippen molar-refractivity contribution in [1.82, 2.24) is 4.90 Å². The van der Waals surface area contributed by atoms with Crippen molar-refractivity contribution in [2.45, 2.75) is 19.0 Å². The molecule has 0 spiro atoms. The number of amides is 1. The lowest BCUT2D eigenvalue weighted by molar-refractivity contribution is -0.184. The van der Waals surface area contributed by atoms with Gasteiger partial charge in [0.05, 0.1) is 12.5 Å². The first-order chi connectivity index (χ1) is 9.84. The molecule has 0 atom stereocenters. The third-order valence-electron chi connectivity index (χ3n) is 3.55. The van der Waals surface area contributed by atoms with E-state index in [1.54, 1.807) is 17.0 Å². The summed E-state index contributed by atoms with van der Waals surface area (Å²) in [6.07, 6.45) is -3.99. The van der Waals surface area contributed by atoms with E-state index >= 15 is 0 Å². The van der Waals surface area contributed by atoms with Gasteiger partial charge in [-0.25, -0.2) is 0 Å². The maximum Gasteiger partial charge on any atom is 0.391 e. The van der Waals surface area contributed by atoms with Gasteiger partial charge in [-0.3, -0.25) is 9.69 Å². The molecule has 0 unspecified atom stereocenters. The van der Waals surface area contributed by atoms with E-state index in [4.69, 9.17) is 0 Å². The first kappa shape index (κ1) is 16.3. The molecule has 1 fully saturated rings. The third kappa shape index (κ3) is 5.00. The molecule has 1 heterocycles. The molecule has 21 heavy (non-hydrogen) atoms. The normalized spacial score (nSPS) is 17.7. The third-order valence-corrected chi connectivity index (χ3v) is 4.07. The lowest BCUT2D eigenvalue weighted by Gasteiger charge is -2.32. The summed E-state index contributed by atoms with van der Waals surface area (Å²) >= 11 is 3.30. The number of anilines is 1. The van der Waals surface area contributed by atoms with Crippen LogP contribution >= 0.6 is 15.9 Å². The van der Waals surface area contributed by atoms with Gasteiger partial charge in [-0.05, 0) is 50.2 Å². The molecule has 1 aliphatic rings. The Morgan fingerprint density at radius 1 is 1.24 bits per heavy atom. The van der Waals surface area contributed by atoms with Gasteiger partial charge in [0, 0.05) is 10.2 Å². The molecule has 0 saturated carbocycles. The minimum atomic E-state index is -4.12. The fourth-order valence-electron chi connectivity index (χ4n) is 2.36. The number of benzene rings is 1. The molecule has 1 N–H and O–H groups in total. The van der Waals surface area contributed by atoms with Crippen molar-refractivity contribution in [3.8, 4) is 0 Å². The second-order valence-electron chi connectivity index (χ2n) is 5.15. The number of piperidine rings is 1. The monoisotopic (exact) mass is 364 g/mol. The highest BCUT2D eigenvalue weighted by atomic mass is 79.9. The molecule has 0 aromatic heterocycles. The summed E-state index contributed by atoms with van der Waals surface area (Å²) in [7, 11) is 0. The Labute approximate surface area is 129 Å². The fraction of sp³-hybridized carbons (Fsp3) is 0.500. The van der Waals surface area contributed by atoms with Crippen LogP contribution in [-0.4, -0.2) is 36.6 Å². The predicted octanol–water partition coefficient (Wildman–Crippen LogP) is 3.66. The van der Waals surface area contributed by atoms with Crippen LogP contribution in [0, 0.1) is 5.92 Å². The van der Waals surface area contributed by atoms with Crippen molar-refractivity contribution in [1.29, 1.82) is 0 Å². The Bertz CT molecular complexity index is 482. The zero-order valence-electron chi connectivity index (χ0n) is 11.3. The molecule has 1 aromatic rings. The van der Waals surface area contributed by atoms with Crippen molar-refractivity contribution in [3.63, 3.8) is 0 Å². The molecule has 7 heteroatoms. The number of rotatable bonds is 3. The number of hydrogen-bond acceptors (Lipinski definition) is 2. The van der Waals surface area contributed by atoms with E-state index in [1.807, 2.05) is 12.1 Å². The summed E-state index contributed by atoms with van der Waals surface area (Å²) in [6.45, 7) is 0.733. The topological polar surface area (TPSA) is 32.3 Å². The maximum atomic E-state index is 12.5. The number of nitrogens with zero attached hydrogens (tertiary/aromatic N) is 1. The van der Waals surface area contributed by atoms with Crippen LogP contribution in [0.3, 0.4) is 0 Å². The smallest absolute Gasteiger partial charge is 0.325 e. The van der Waals surface area contributed by atoms with E-state index in [0.717, 1.165) is 4.47 Å². The van der Waals surface area contributed by atoms with E-state index in [2.05, 4.69) is 21.2 Å². The summed E-state index contributed by atoms with van der Waals surface area (Å²) < 4.78 is 38.6. The highest BCUT2D eigenvalue weighted by molar-refractivity contribution is 9.10. The Kier molecular flexibility index (Phi) is 5.27. The fourth-order valence-corrected chi connectivity index (χ4v) is 2.62. The highest BCUT2D eigenvalue weighted by Gasteiger charge is 2.41. The first-order valence-electron chi connectivity index (χ1n) is 6.69. The van der Waals surface area contributed by atoms with E-state index in [0.29, 0.717) is 18.8 Å². The lowest BCUT2D eigenvalue weighted by atomic mass is 9.96. The zero-order valence-corrected chi connectivity index (χ0v) is 12.9. The van der Waals surface area contributed by atoms with Crippen LogP contribution in [0.2, 0.25) is 0 Å². The average Bonchev–Trinajstić information content (AvgIpc) is 2.41. The van der Waals surface area contributed by atoms with Crippen molar-refractivity contribution < 1.29 is 18.0 Å². The summed E-state index contributed by atoms with van der Waals surface area (Å²) in [5.74, 6) is -1.44. The molecule has 1 aliphatic heterocycles. The number of carbonyl (C=O) groups excluding carboxylic acids is 1. The minimum Gasteiger partial charge on any atom is -0.325 e.